The number of morpholine rings is 1. The fourth-order valence-electron chi connectivity index (χ4n) is 4.97. The van der Waals surface area contributed by atoms with Gasteiger partial charge >= 0.3 is 5.97 Å². The van der Waals surface area contributed by atoms with Crippen molar-refractivity contribution in [1.82, 2.24) is 25.0 Å². The topological polar surface area (TPSA) is 109 Å². The molecular weight excluding hydrogens is 390 g/mol. The molecule has 30 heavy (non-hydrogen) atoms. The van der Waals surface area contributed by atoms with Gasteiger partial charge in [0, 0.05) is 18.2 Å². The molecule has 10 heteroatoms. The van der Waals surface area contributed by atoms with E-state index in [0.29, 0.717) is 43.7 Å². The standard InChI is InChI=1S/C20H25N5O5/c1-18(2)19(3)6-7-20(18,30-17(19)27)16(26)24-9-10-28-13(11-24)12-29-25-15-14(22-23-25)5-4-8-21-15/h4-5,8,13H,6-7,9-12H2,1-3H3/t13?,19-,20+/m0/s1. The Bertz CT molecular complexity index is 1020. The minimum atomic E-state index is -1.10. The predicted octanol–water partition coefficient (Wildman–Crippen LogP) is 0.604. The van der Waals surface area contributed by atoms with E-state index in [1.54, 1.807) is 23.2 Å². The monoisotopic (exact) mass is 415 g/mol. The van der Waals surface area contributed by atoms with Gasteiger partial charge in [-0.25, -0.2) is 4.98 Å². The third kappa shape index (κ3) is 2.43. The maximum absolute atomic E-state index is 13.6. The minimum Gasteiger partial charge on any atom is -0.448 e. The number of carbonyl (C=O) groups is 2. The van der Waals surface area contributed by atoms with Crippen LogP contribution in [0.2, 0.25) is 0 Å². The summed E-state index contributed by atoms with van der Waals surface area (Å²) in [5.41, 5.74) is -1.15. The molecule has 4 heterocycles. The lowest BCUT2D eigenvalue weighted by Gasteiger charge is -2.41. The molecule has 5 rings (SSSR count). The molecule has 2 aliphatic heterocycles. The molecule has 2 bridgehead atoms. The third-order valence-electron chi connectivity index (χ3n) is 7.42. The van der Waals surface area contributed by atoms with Crippen molar-refractivity contribution in [1.29, 1.82) is 0 Å². The molecule has 1 amide bonds. The lowest BCUT2D eigenvalue weighted by atomic mass is 9.66. The Morgan fingerprint density at radius 1 is 1.33 bits per heavy atom. The number of amides is 1. The molecule has 3 atom stereocenters. The van der Waals surface area contributed by atoms with Gasteiger partial charge in [0.1, 0.15) is 18.2 Å². The Kier molecular flexibility index (Phi) is 4.08. The van der Waals surface area contributed by atoms with E-state index in [-0.39, 0.29) is 24.6 Å². The first-order chi connectivity index (χ1) is 14.3. The number of pyridine rings is 1. The molecule has 1 unspecified atom stereocenters. The number of esters is 1. The molecule has 2 saturated heterocycles. The third-order valence-corrected chi connectivity index (χ3v) is 7.42. The zero-order chi connectivity index (χ0) is 21.1. The molecule has 1 aliphatic carbocycles. The van der Waals surface area contributed by atoms with E-state index in [1.165, 1.54) is 4.85 Å². The summed E-state index contributed by atoms with van der Waals surface area (Å²) in [4.78, 5) is 39.0. The minimum absolute atomic E-state index is 0.136. The van der Waals surface area contributed by atoms with E-state index in [0.717, 1.165) is 0 Å². The van der Waals surface area contributed by atoms with Crippen LogP contribution in [0.3, 0.4) is 0 Å². The molecule has 0 spiro atoms. The van der Waals surface area contributed by atoms with Gasteiger partial charge in [0.2, 0.25) is 5.65 Å². The summed E-state index contributed by atoms with van der Waals surface area (Å²) in [7, 11) is 0. The van der Waals surface area contributed by atoms with Crippen LogP contribution in [0.5, 0.6) is 0 Å². The predicted molar refractivity (Wildman–Crippen MR) is 103 cm³/mol. The summed E-state index contributed by atoms with van der Waals surface area (Å²) >= 11 is 0. The van der Waals surface area contributed by atoms with Gasteiger partial charge in [-0.15, -0.1) is 5.10 Å². The summed E-state index contributed by atoms with van der Waals surface area (Å²) in [6.45, 7) is 7.22. The van der Waals surface area contributed by atoms with Crippen molar-refractivity contribution >= 4 is 23.0 Å². The highest BCUT2D eigenvalue weighted by Gasteiger charge is 2.76. The Morgan fingerprint density at radius 2 is 2.17 bits per heavy atom. The average molecular weight is 415 g/mol. The number of hydrogen-bond acceptors (Lipinski definition) is 8. The van der Waals surface area contributed by atoms with Crippen molar-refractivity contribution in [3.05, 3.63) is 18.3 Å². The van der Waals surface area contributed by atoms with Gasteiger partial charge < -0.3 is 19.2 Å². The summed E-state index contributed by atoms with van der Waals surface area (Å²) < 4.78 is 11.5. The molecule has 2 aromatic heterocycles. The van der Waals surface area contributed by atoms with Crippen molar-refractivity contribution in [3.8, 4) is 0 Å². The second-order valence-electron chi connectivity index (χ2n) is 9.02. The molecule has 0 aromatic carbocycles. The van der Waals surface area contributed by atoms with Crippen molar-refractivity contribution in [2.45, 2.75) is 45.3 Å². The number of carbonyl (C=O) groups excluding carboxylic acids is 2. The van der Waals surface area contributed by atoms with E-state index in [1.807, 2.05) is 20.8 Å². The van der Waals surface area contributed by atoms with Crippen LogP contribution in [0.25, 0.3) is 11.2 Å². The molecule has 2 aromatic rings. The molecule has 160 valence electrons. The average Bonchev–Trinajstić information content (AvgIpc) is 3.29. The lowest BCUT2D eigenvalue weighted by Crippen LogP contribution is -2.59. The van der Waals surface area contributed by atoms with Crippen LogP contribution >= 0.6 is 0 Å². The molecule has 0 N–H and O–H groups in total. The number of nitrogens with zero attached hydrogens (tertiary/aromatic N) is 5. The first kappa shape index (κ1) is 19.2. The van der Waals surface area contributed by atoms with E-state index < -0.39 is 16.4 Å². The number of ether oxygens (including phenoxy) is 2. The zero-order valence-electron chi connectivity index (χ0n) is 17.3. The number of hydrogen-bond donors (Lipinski definition) is 0. The maximum Gasteiger partial charge on any atom is 0.313 e. The van der Waals surface area contributed by atoms with E-state index in [9.17, 15) is 9.59 Å². The molecular formula is C20H25N5O5. The molecule has 3 aliphatic rings. The van der Waals surface area contributed by atoms with Crippen LogP contribution in [-0.4, -0.2) is 74.9 Å². The fourth-order valence-corrected chi connectivity index (χ4v) is 4.97. The van der Waals surface area contributed by atoms with Crippen LogP contribution < -0.4 is 4.84 Å². The Balaban J connectivity index is 1.29. The largest absolute Gasteiger partial charge is 0.448 e. The number of aromatic nitrogens is 4. The zero-order valence-corrected chi connectivity index (χ0v) is 17.3. The van der Waals surface area contributed by atoms with Gasteiger partial charge in [0.05, 0.1) is 18.6 Å². The highest BCUT2D eigenvalue weighted by molar-refractivity contribution is 5.96. The van der Waals surface area contributed by atoms with Crippen molar-refractivity contribution < 1.29 is 23.9 Å². The quantitative estimate of drug-likeness (QED) is 0.668. The van der Waals surface area contributed by atoms with E-state index >= 15 is 0 Å². The van der Waals surface area contributed by atoms with Crippen LogP contribution in [0.15, 0.2) is 18.3 Å². The van der Waals surface area contributed by atoms with Gasteiger partial charge in [-0.1, -0.05) is 18.7 Å². The Hall–Kier alpha value is -2.75. The first-order valence-electron chi connectivity index (χ1n) is 10.2. The summed E-state index contributed by atoms with van der Waals surface area (Å²) in [5, 5.41) is 7.95. The fraction of sp³-hybridized carbons (Fsp3) is 0.650. The smallest absolute Gasteiger partial charge is 0.313 e. The molecule has 0 radical (unpaired) electrons. The van der Waals surface area contributed by atoms with Crippen molar-refractivity contribution in [3.63, 3.8) is 0 Å². The van der Waals surface area contributed by atoms with Crippen LogP contribution in [-0.2, 0) is 19.1 Å². The summed E-state index contributed by atoms with van der Waals surface area (Å²) in [6.07, 6.45) is 2.52. The SMILES string of the molecule is CC1(C)[C@@]2(C)CC[C@]1(C(=O)N1CCOC(COn3nnc4cccnc43)C1)OC2=O. The van der Waals surface area contributed by atoms with Crippen molar-refractivity contribution in [2.24, 2.45) is 10.8 Å². The highest BCUT2D eigenvalue weighted by Crippen LogP contribution is 2.66. The van der Waals surface area contributed by atoms with Crippen LogP contribution in [0, 0.1) is 10.8 Å². The lowest BCUT2D eigenvalue weighted by molar-refractivity contribution is -0.178. The second kappa shape index (κ2) is 6.37. The van der Waals surface area contributed by atoms with Gasteiger partial charge in [-0.2, -0.15) is 0 Å². The van der Waals surface area contributed by atoms with Crippen LogP contribution in [0.1, 0.15) is 33.6 Å². The number of fused-ring (bicyclic) bond motifs is 3. The Morgan fingerprint density at radius 3 is 2.90 bits per heavy atom. The molecule has 10 nitrogen and oxygen atoms in total. The van der Waals surface area contributed by atoms with Crippen molar-refractivity contribution in [2.75, 3.05) is 26.3 Å². The highest BCUT2D eigenvalue weighted by atomic mass is 16.7. The molecule has 1 saturated carbocycles. The summed E-state index contributed by atoms with van der Waals surface area (Å²) in [6, 6.07) is 3.58. The first-order valence-corrected chi connectivity index (χ1v) is 10.2. The van der Waals surface area contributed by atoms with Gasteiger partial charge in [-0.3, -0.25) is 9.59 Å². The normalized spacial score (nSPS) is 32.4. The number of rotatable bonds is 4. The van der Waals surface area contributed by atoms with Crippen LogP contribution in [0.4, 0.5) is 0 Å². The van der Waals surface area contributed by atoms with E-state index in [4.69, 9.17) is 14.3 Å². The van der Waals surface area contributed by atoms with Gasteiger partial charge in [0.25, 0.3) is 5.91 Å². The Labute approximate surface area is 173 Å². The van der Waals surface area contributed by atoms with E-state index in [2.05, 4.69) is 15.3 Å². The second-order valence-corrected chi connectivity index (χ2v) is 9.02. The van der Waals surface area contributed by atoms with Gasteiger partial charge in [0.15, 0.2) is 5.60 Å². The van der Waals surface area contributed by atoms with Gasteiger partial charge in [-0.05, 0) is 37.1 Å². The summed E-state index contributed by atoms with van der Waals surface area (Å²) in [5.74, 6) is -0.408. The maximum atomic E-state index is 13.6. The molecule has 3 fully saturated rings.